The van der Waals surface area contributed by atoms with Crippen molar-refractivity contribution in [2.75, 3.05) is 52.9 Å². The number of nitrogens with zero attached hydrogens (tertiary/aromatic N) is 3. The molecule has 0 spiro atoms. The van der Waals surface area contributed by atoms with Gasteiger partial charge in [0.1, 0.15) is 12.1 Å². The van der Waals surface area contributed by atoms with Gasteiger partial charge >= 0.3 is 0 Å². The molecule has 3 rings (SSSR count). The van der Waals surface area contributed by atoms with E-state index in [1.54, 1.807) is 35.2 Å². The highest BCUT2D eigenvalue weighted by molar-refractivity contribution is 6.37. The van der Waals surface area contributed by atoms with E-state index in [0.29, 0.717) is 38.0 Å². The molecule has 1 unspecified atom stereocenters. The predicted molar refractivity (Wildman–Crippen MR) is 133 cm³/mol. The van der Waals surface area contributed by atoms with E-state index in [9.17, 15) is 28.8 Å². The molecule has 0 aromatic heterocycles. The van der Waals surface area contributed by atoms with Crippen molar-refractivity contribution in [2.24, 2.45) is 0 Å². The highest BCUT2D eigenvalue weighted by Gasteiger charge is 2.35. The second kappa shape index (κ2) is 12.9. The van der Waals surface area contributed by atoms with Crippen LogP contribution in [0.4, 0.5) is 0 Å². The lowest BCUT2D eigenvalue weighted by atomic mass is 10.1. The van der Waals surface area contributed by atoms with Crippen LogP contribution in [-0.2, 0) is 24.0 Å². The molecule has 0 radical (unpaired) electrons. The zero-order valence-corrected chi connectivity index (χ0v) is 21.2. The minimum atomic E-state index is -0.989. The first-order chi connectivity index (χ1) is 17.7. The van der Waals surface area contributed by atoms with Crippen LogP contribution in [0.25, 0.3) is 0 Å². The van der Waals surface area contributed by atoms with Crippen molar-refractivity contribution in [3.63, 3.8) is 0 Å². The number of benzene rings is 1. The van der Waals surface area contributed by atoms with E-state index in [0.717, 1.165) is 13.1 Å². The lowest BCUT2D eigenvalue weighted by molar-refractivity contribution is -0.140. The maximum atomic E-state index is 12.8. The number of likely N-dealkylation sites (N-methyl/N-ethyl adjacent to an activating group) is 1. The summed E-state index contributed by atoms with van der Waals surface area (Å²) in [6.45, 7) is 3.60. The fraction of sp³-hybridized carbons (Fsp3) is 0.520. The maximum Gasteiger partial charge on any atom is 0.289 e. The van der Waals surface area contributed by atoms with Gasteiger partial charge in [0, 0.05) is 38.3 Å². The molecular weight excluding hydrogens is 480 g/mol. The Hall–Kier alpha value is -3.80. The van der Waals surface area contributed by atoms with Crippen molar-refractivity contribution in [3.05, 3.63) is 35.9 Å². The van der Waals surface area contributed by atoms with Crippen LogP contribution in [0.2, 0.25) is 0 Å². The lowest BCUT2D eigenvalue weighted by Crippen LogP contribution is -2.53. The second-order valence-electron chi connectivity index (χ2n) is 9.26. The van der Waals surface area contributed by atoms with Gasteiger partial charge < -0.3 is 30.7 Å². The molecule has 2 atom stereocenters. The van der Waals surface area contributed by atoms with Gasteiger partial charge in [-0.3, -0.25) is 28.8 Å². The number of nitrogens with one attached hydrogen (secondary N) is 3. The highest BCUT2D eigenvalue weighted by Crippen LogP contribution is 2.20. The van der Waals surface area contributed by atoms with Gasteiger partial charge in [-0.25, -0.2) is 0 Å². The van der Waals surface area contributed by atoms with Crippen molar-refractivity contribution < 1.29 is 28.8 Å². The summed E-state index contributed by atoms with van der Waals surface area (Å²) in [7, 11) is 1.96. The Morgan fingerprint density at radius 1 is 0.919 bits per heavy atom. The van der Waals surface area contributed by atoms with E-state index < -0.39 is 42.1 Å². The largest absolute Gasteiger partial charge is 0.347 e. The standard InChI is InChI=1S/C25H34N6O6/c1-17(28-23(35)19-9-6-10-31(19)25(37)18-7-4-3-5-8-18)22(34)26-15-20(32)24(36)27-16-21(33)30-13-11-29(2)12-14-30/h3-5,7-8,17,19H,6,9-16H2,1-2H3,(H,26,34)(H,27,36)(H,28,35)/t17?,19-/m1/s1. The summed E-state index contributed by atoms with van der Waals surface area (Å²) in [4.78, 5) is 79.5. The van der Waals surface area contributed by atoms with Crippen molar-refractivity contribution >= 4 is 35.3 Å². The Bertz CT molecular complexity index is 1020. The molecule has 2 fully saturated rings. The minimum absolute atomic E-state index is 0.252. The number of likely N-dealkylation sites (tertiary alicyclic amines) is 1. The van der Waals surface area contributed by atoms with Crippen molar-refractivity contribution in [1.82, 2.24) is 30.7 Å². The molecular formula is C25H34N6O6. The number of Topliss-reactive ketones (excluding diaryl/α,β-unsaturated/α-hetero) is 1. The van der Waals surface area contributed by atoms with Gasteiger partial charge in [-0.15, -0.1) is 0 Å². The summed E-state index contributed by atoms with van der Waals surface area (Å²) in [5.74, 6) is -3.52. The first-order valence-electron chi connectivity index (χ1n) is 12.4. The number of hydrogen-bond acceptors (Lipinski definition) is 7. The Morgan fingerprint density at radius 2 is 1.59 bits per heavy atom. The molecule has 2 aliphatic rings. The van der Waals surface area contributed by atoms with Gasteiger partial charge in [0.25, 0.3) is 11.8 Å². The van der Waals surface area contributed by atoms with E-state index in [1.807, 2.05) is 7.05 Å². The van der Waals surface area contributed by atoms with Gasteiger partial charge in [0.2, 0.25) is 23.5 Å². The molecule has 0 bridgehead atoms. The number of carbonyl (C=O) groups excluding carboxylic acids is 6. The summed E-state index contributed by atoms with van der Waals surface area (Å²) in [5.41, 5.74) is 0.481. The van der Waals surface area contributed by atoms with Crippen LogP contribution in [0.3, 0.4) is 0 Å². The second-order valence-corrected chi connectivity index (χ2v) is 9.26. The zero-order valence-electron chi connectivity index (χ0n) is 21.2. The van der Waals surface area contributed by atoms with Crippen LogP contribution < -0.4 is 16.0 Å². The van der Waals surface area contributed by atoms with Gasteiger partial charge in [0.15, 0.2) is 0 Å². The first-order valence-corrected chi connectivity index (χ1v) is 12.4. The first kappa shape index (κ1) is 27.8. The average Bonchev–Trinajstić information content (AvgIpc) is 3.40. The van der Waals surface area contributed by atoms with Gasteiger partial charge in [-0.1, -0.05) is 18.2 Å². The molecule has 3 N–H and O–H groups in total. The summed E-state index contributed by atoms with van der Waals surface area (Å²) in [6, 6.07) is 6.97. The fourth-order valence-corrected chi connectivity index (χ4v) is 4.23. The predicted octanol–water partition coefficient (Wildman–Crippen LogP) is -1.63. The van der Waals surface area contributed by atoms with Crippen LogP contribution in [0.1, 0.15) is 30.1 Å². The average molecular weight is 515 g/mol. The highest BCUT2D eigenvalue weighted by atomic mass is 16.2. The number of hydrogen-bond donors (Lipinski definition) is 3. The van der Waals surface area contributed by atoms with Crippen LogP contribution in [0.15, 0.2) is 30.3 Å². The Labute approximate surface area is 215 Å². The number of rotatable bonds is 9. The number of amides is 5. The summed E-state index contributed by atoms with van der Waals surface area (Å²) < 4.78 is 0. The molecule has 1 aromatic carbocycles. The monoisotopic (exact) mass is 514 g/mol. The minimum Gasteiger partial charge on any atom is -0.347 e. The molecule has 2 heterocycles. The molecule has 2 saturated heterocycles. The molecule has 2 aliphatic heterocycles. The zero-order chi connectivity index (χ0) is 26.9. The summed E-state index contributed by atoms with van der Waals surface area (Å²) in [6.07, 6.45) is 1.14. The molecule has 0 saturated carbocycles. The van der Waals surface area contributed by atoms with Crippen LogP contribution in [0, 0.1) is 0 Å². The van der Waals surface area contributed by atoms with E-state index >= 15 is 0 Å². The van der Waals surface area contributed by atoms with Crippen LogP contribution >= 0.6 is 0 Å². The van der Waals surface area contributed by atoms with Gasteiger partial charge in [0.05, 0.1) is 13.1 Å². The van der Waals surface area contributed by atoms with E-state index in [-0.39, 0.29) is 18.4 Å². The molecule has 1 aromatic rings. The Balaban J connectivity index is 1.40. The molecule has 12 nitrogen and oxygen atoms in total. The summed E-state index contributed by atoms with van der Waals surface area (Å²) in [5, 5.41) is 7.20. The molecule has 5 amide bonds. The van der Waals surface area contributed by atoms with Gasteiger partial charge in [-0.05, 0) is 38.9 Å². The Kier molecular flexibility index (Phi) is 9.72. The topological polar surface area (TPSA) is 148 Å². The van der Waals surface area contributed by atoms with Crippen LogP contribution in [-0.4, -0.2) is 115 Å². The Morgan fingerprint density at radius 3 is 2.27 bits per heavy atom. The molecule has 37 heavy (non-hydrogen) atoms. The molecule has 12 heteroatoms. The van der Waals surface area contributed by atoms with Gasteiger partial charge in [-0.2, -0.15) is 0 Å². The van der Waals surface area contributed by atoms with E-state index in [1.165, 1.54) is 11.8 Å². The smallest absolute Gasteiger partial charge is 0.289 e. The van der Waals surface area contributed by atoms with E-state index in [4.69, 9.17) is 0 Å². The lowest BCUT2D eigenvalue weighted by Gasteiger charge is -2.32. The quantitative estimate of drug-likeness (QED) is 0.335. The number of piperazine rings is 1. The third kappa shape index (κ3) is 7.59. The van der Waals surface area contributed by atoms with E-state index in [2.05, 4.69) is 20.9 Å². The molecule has 0 aliphatic carbocycles. The normalized spacial score (nSPS) is 18.6. The third-order valence-electron chi connectivity index (χ3n) is 6.52. The van der Waals surface area contributed by atoms with Crippen molar-refractivity contribution in [3.8, 4) is 0 Å². The number of carbonyl (C=O) groups is 6. The van der Waals surface area contributed by atoms with Crippen molar-refractivity contribution in [2.45, 2.75) is 31.8 Å². The third-order valence-corrected chi connectivity index (χ3v) is 6.52. The fourth-order valence-electron chi connectivity index (χ4n) is 4.23. The number of ketones is 1. The van der Waals surface area contributed by atoms with Crippen LogP contribution in [0.5, 0.6) is 0 Å². The maximum absolute atomic E-state index is 12.8. The summed E-state index contributed by atoms with van der Waals surface area (Å²) >= 11 is 0. The molecule has 200 valence electrons. The SMILES string of the molecule is CC(NC(=O)[C@H]1CCCN1C(=O)c1ccccc1)C(=O)NCC(=O)C(=O)NCC(=O)N1CCN(C)CC1. The van der Waals surface area contributed by atoms with Crippen molar-refractivity contribution in [1.29, 1.82) is 0 Å².